The number of nitrogens with zero attached hydrogens (tertiary/aromatic N) is 3. The highest BCUT2D eigenvalue weighted by Gasteiger charge is 2.31. The summed E-state index contributed by atoms with van der Waals surface area (Å²) in [5, 5.41) is 0. The van der Waals surface area contributed by atoms with Crippen molar-refractivity contribution >= 4 is 23.4 Å². The molecular weight excluding hydrogens is 570 g/mol. The van der Waals surface area contributed by atoms with Crippen molar-refractivity contribution in [3.8, 4) is 28.7 Å². The fourth-order valence-corrected chi connectivity index (χ4v) is 6.44. The number of carbonyl (C=O) groups is 1. The molecule has 0 saturated carbocycles. The number of esters is 1. The molecule has 43 heavy (non-hydrogen) atoms. The number of aromatic nitrogens is 2. The lowest BCUT2D eigenvalue weighted by atomic mass is 9.97. The predicted octanol–water partition coefficient (Wildman–Crippen LogP) is 3.95. The molecule has 1 atom stereocenters. The van der Waals surface area contributed by atoms with E-state index in [4.69, 9.17) is 23.7 Å². The van der Waals surface area contributed by atoms with Gasteiger partial charge in [-0.25, -0.2) is 9.79 Å². The van der Waals surface area contributed by atoms with Crippen LogP contribution in [-0.4, -0.2) is 42.2 Å². The zero-order valence-corrected chi connectivity index (χ0v) is 25.3. The molecule has 0 aliphatic carbocycles. The molecule has 6 rings (SSSR count). The molecule has 10 nitrogen and oxygen atoms in total. The highest BCUT2D eigenvalue weighted by molar-refractivity contribution is 7.07. The van der Waals surface area contributed by atoms with Gasteiger partial charge in [0.15, 0.2) is 27.8 Å². The topological polar surface area (TPSA) is 103 Å². The van der Waals surface area contributed by atoms with Crippen LogP contribution in [0.3, 0.4) is 0 Å². The van der Waals surface area contributed by atoms with Crippen LogP contribution in [0.4, 0.5) is 0 Å². The Hall–Kier alpha value is -4.77. The molecule has 0 saturated heterocycles. The first-order valence-corrected chi connectivity index (χ1v) is 14.7. The van der Waals surface area contributed by atoms with Crippen molar-refractivity contribution in [2.75, 3.05) is 27.1 Å². The summed E-state index contributed by atoms with van der Waals surface area (Å²) in [4.78, 5) is 31.9. The normalized spacial score (nSPS) is 15.5. The number of thiazole rings is 1. The van der Waals surface area contributed by atoms with Crippen LogP contribution >= 0.6 is 11.3 Å². The molecule has 2 aliphatic heterocycles. The molecule has 2 aromatic carbocycles. The van der Waals surface area contributed by atoms with E-state index in [0.717, 1.165) is 22.6 Å². The third-order valence-corrected chi connectivity index (χ3v) is 8.38. The van der Waals surface area contributed by atoms with Crippen molar-refractivity contribution in [3.05, 3.63) is 96.4 Å². The number of methoxy groups -OCH3 is 1. The van der Waals surface area contributed by atoms with E-state index in [1.807, 2.05) is 64.1 Å². The Bertz CT molecular complexity index is 1950. The molecule has 222 valence electrons. The molecule has 2 aromatic heterocycles. The van der Waals surface area contributed by atoms with E-state index in [0.29, 0.717) is 51.1 Å². The molecule has 2 aliphatic rings. The largest absolute Gasteiger partial charge is 0.490 e. The molecule has 0 radical (unpaired) electrons. The number of hydrogen-bond donors (Lipinski definition) is 0. The number of rotatable bonds is 8. The zero-order chi connectivity index (χ0) is 30.2. The predicted molar refractivity (Wildman–Crippen MR) is 161 cm³/mol. The number of benzene rings is 2. The maximum absolute atomic E-state index is 14.0. The molecule has 4 heterocycles. The summed E-state index contributed by atoms with van der Waals surface area (Å²) in [5.41, 5.74) is 4.44. The summed E-state index contributed by atoms with van der Waals surface area (Å²) in [7, 11) is 1.31. The van der Waals surface area contributed by atoms with Gasteiger partial charge in [0.2, 0.25) is 6.79 Å². The second-order valence-corrected chi connectivity index (χ2v) is 11.0. The van der Waals surface area contributed by atoms with E-state index >= 15 is 0 Å². The third kappa shape index (κ3) is 4.99. The van der Waals surface area contributed by atoms with Gasteiger partial charge in [0.25, 0.3) is 5.56 Å². The molecule has 0 N–H and O–H groups in total. The smallest absolute Gasteiger partial charge is 0.337 e. The lowest BCUT2D eigenvalue weighted by molar-refractivity contribution is -0.136. The van der Waals surface area contributed by atoms with Crippen molar-refractivity contribution in [2.24, 2.45) is 4.99 Å². The van der Waals surface area contributed by atoms with E-state index in [1.54, 1.807) is 16.7 Å². The van der Waals surface area contributed by atoms with Gasteiger partial charge in [0, 0.05) is 29.3 Å². The monoisotopic (exact) mass is 601 g/mol. The minimum atomic E-state index is -0.762. The molecular formula is C32H31N3O7S. The van der Waals surface area contributed by atoms with Gasteiger partial charge < -0.3 is 28.3 Å². The first-order valence-electron chi connectivity index (χ1n) is 13.9. The third-order valence-electron chi connectivity index (χ3n) is 7.38. The van der Waals surface area contributed by atoms with E-state index < -0.39 is 12.0 Å². The molecule has 0 fully saturated rings. The summed E-state index contributed by atoms with van der Waals surface area (Å²) in [6.07, 6.45) is 3.35. The van der Waals surface area contributed by atoms with E-state index in [-0.39, 0.29) is 17.9 Å². The second-order valence-electron chi connectivity index (χ2n) is 9.95. The zero-order valence-electron chi connectivity index (χ0n) is 24.5. The Kier molecular flexibility index (Phi) is 7.57. The Labute approximate surface area is 251 Å². The Morgan fingerprint density at radius 3 is 2.58 bits per heavy atom. The average molecular weight is 602 g/mol. The van der Waals surface area contributed by atoms with Crippen LogP contribution in [0.15, 0.2) is 64.0 Å². The number of hydrogen-bond acceptors (Lipinski definition) is 9. The summed E-state index contributed by atoms with van der Waals surface area (Å²) < 4.78 is 31.8. The first kappa shape index (κ1) is 28.4. The summed E-state index contributed by atoms with van der Waals surface area (Å²) in [5.74, 6) is 1.96. The fourth-order valence-electron chi connectivity index (χ4n) is 5.48. The van der Waals surface area contributed by atoms with E-state index in [9.17, 15) is 9.59 Å². The highest BCUT2D eigenvalue weighted by Crippen LogP contribution is 2.36. The maximum Gasteiger partial charge on any atom is 0.337 e. The van der Waals surface area contributed by atoms with E-state index in [2.05, 4.69) is 9.56 Å². The number of aryl methyl sites for hydroxylation is 1. The standard InChI is InChI=1S/C32H31N3O7S/c1-6-39-24-10-8-20(13-26(24)40-7-2)29-23(31(37)38-5)16-33-32-35(29)30(36)28(43-32)14-21-12-18(3)34(19(21)4)22-9-11-25-27(15-22)42-17-41-25/h8-16,29H,6-7,17H2,1-5H3/b28-14-/t29-/m1/s1. The molecule has 0 unspecified atom stereocenters. The summed E-state index contributed by atoms with van der Waals surface area (Å²) in [6.45, 7) is 8.90. The number of ether oxygens (including phenoxy) is 5. The van der Waals surface area contributed by atoms with Crippen molar-refractivity contribution < 1.29 is 28.5 Å². The van der Waals surface area contributed by atoms with Gasteiger partial charge in [-0.3, -0.25) is 9.36 Å². The van der Waals surface area contributed by atoms with Crippen molar-refractivity contribution in [1.29, 1.82) is 0 Å². The van der Waals surface area contributed by atoms with Crippen LogP contribution in [0, 0.1) is 13.8 Å². The molecule has 0 amide bonds. The van der Waals surface area contributed by atoms with Crippen LogP contribution in [-0.2, 0) is 9.53 Å². The van der Waals surface area contributed by atoms with Crippen LogP contribution in [0.2, 0.25) is 0 Å². The van der Waals surface area contributed by atoms with Crippen LogP contribution in [0.1, 0.15) is 42.4 Å². The van der Waals surface area contributed by atoms with Crippen molar-refractivity contribution in [3.63, 3.8) is 0 Å². The molecule has 11 heteroatoms. The quantitative estimate of drug-likeness (QED) is 0.282. The van der Waals surface area contributed by atoms with Crippen LogP contribution < -0.4 is 33.8 Å². The van der Waals surface area contributed by atoms with Gasteiger partial charge in [0.05, 0.1) is 36.5 Å². The van der Waals surface area contributed by atoms with E-state index in [1.165, 1.54) is 24.6 Å². The Balaban J connectivity index is 1.47. The number of carbonyl (C=O) groups excluding carboxylic acids is 1. The first-order chi connectivity index (χ1) is 20.8. The Morgan fingerprint density at radius 1 is 1.05 bits per heavy atom. The lowest BCUT2D eigenvalue weighted by Gasteiger charge is -2.23. The van der Waals surface area contributed by atoms with Crippen LogP contribution in [0.25, 0.3) is 11.8 Å². The average Bonchev–Trinajstić information content (AvgIpc) is 3.68. The van der Waals surface area contributed by atoms with Gasteiger partial charge >= 0.3 is 5.97 Å². The van der Waals surface area contributed by atoms with Crippen molar-refractivity contribution in [1.82, 2.24) is 9.13 Å². The second kappa shape index (κ2) is 11.5. The fraction of sp³-hybridized carbons (Fsp3) is 0.281. The lowest BCUT2D eigenvalue weighted by Crippen LogP contribution is -2.39. The Morgan fingerprint density at radius 2 is 1.81 bits per heavy atom. The molecule has 0 spiro atoms. The summed E-state index contributed by atoms with van der Waals surface area (Å²) >= 11 is 1.27. The minimum Gasteiger partial charge on any atom is -0.490 e. The van der Waals surface area contributed by atoms with Crippen LogP contribution in [0.5, 0.6) is 23.0 Å². The van der Waals surface area contributed by atoms with Gasteiger partial charge in [-0.15, -0.1) is 0 Å². The number of fused-ring (bicyclic) bond motifs is 2. The van der Waals surface area contributed by atoms with Crippen molar-refractivity contribution in [2.45, 2.75) is 33.7 Å². The molecule has 0 bridgehead atoms. The van der Waals surface area contributed by atoms with Gasteiger partial charge in [-0.05, 0) is 75.2 Å². The highest BCUT2D eigenvalue weighted by atomic mass is 32.1. The van der Waals surface area contributed by atoms with Gasteiger partial charge in [-0.2, -0.15) is 0 Å². The summed E-state index contributed by atoms with van der Waals surface area (Å²) in [6, 6.07) is 12.5. The minimum absolute atomic E-state index is 0.205. The SMILES string of the molecule is CCOc1ccc([C@@H]2C(C(=O)OC)=CN=c3s/c(=C\c4cc(C)n(-c5ccc6c(c5)OCO6)c4C)c(=O)n32)cc1OCC. The van der Waals surface area contributed by atoms with Gasteiger partial charge in [0.1, 0.15) is 0 Å². The van der Waals surface area contributed by atoms with Gasteiger partial charge in [-0.1, -0.05) is 17.4 Å². The molecule has 4 aromatic rings. The maximum atomic E-state index is 14.0.